The van der Waals surface area contributed by atoms with Crippen LogP contribution in [0.4, 0.5) is 5.69 Å². The molecule has 0 unspecified atom stereocenters. The van der Waals surface area contributed by atoms with Crippen molar-refractivity contribution in [2.45, 2.75) is 13.0 Å². The first kappa shape index (κ1) is 20.7. The number of carbonyl (C=O) groups is 3. The lowest BCUT2D eigenvalue weighted by atomic mass is 10.1. The number of halogens is 2. The zero-order chi connectivity index (χ0) is 21.1. The summed E-state index contributed by atoms with van der Waals surface area (Å²) in [6.45, 7) is 1.49. The third kappa shape index (κ3) is 4.36. The van der Waals surface area contributed by atoms with Crippen molar-refractivity contribution in [2.75, 3.05) is 12.1 Å². The highest BCUT2D eigenvalue weighted by Crippen LogP contribution is 2.36. The molecule has 150 valence electrons. The van der Waals surface area contributed by atoms with Crippen LogP contribution in [-0.2, 0) is 19.1 Å². The van der Waals surface area contributed by atoms with Gasteiger partial charge in [0.25, 0.3) is 11.8 Å². The van der Waals surface area contributed by atoms with Crippen LogP contribution >= 0.6 is 23.2 Å². The first-order chi connectivity index (χ1) is 13.8. The minimum Gasteiger partial charge on any atom is -0.476 e. The highest BCUT2D eigenvalue weighted by molar-refractivity contribution is 6.37. The van der Waals surface area contributed by atoms with E-state index in [-0.39, 0.29) is 21.4 Å². The second kappa shape index (κ2) is 8.55. The largest absolute Gasteiger partial charge is 0.476 e. The fourth-order valence-electron chi connectivity index (χ4n) is 2.65. The normalized spacial score (nSPS) is 16.0. The standard InChI is InChI=1S/C20H16Cl2N2O5/c1-11(20(27)28-2)29-17-15(21)9-12(10-16(17)22)8-14-18(25)23-24(19(14)26)13-6-4-3-5-7-13/h3-11H,1-2H3,(H,23,25)/b14-8-/t11-/m0/s1. The Morgan fingerprint density at radius 3 is 2.34 bits per heavy atom. The number of ether oxygens (including phenoxy) is 2. The number of hydrogen-bond acceptors (Lipinski definition) is 5. The van der Waals surface area contributed by atoms with Crippen LogP contribution in [0.15, 0.2) is 48.0 Å². The minimum absolute atomic E-state index is 0.0717. The van der Waals surface area contributed by atoms with Gasteiger partial charge in [-0.15, -0.1) is 0 Å². The summed E-state index contributed by atoms with van der Waals surface area (Å²) >= 11 is 12.4. The number of nitrogens with zero attached hydrogens (tertiary/aromatic N) is 1. The van der Waals surface area contributed by atoms with Gasteiger partial charge in [-0.05, 0) is 42.8 Å². The van der Waals surface area contributed by atoms with Gasteiger partial charge in [-0.25, -0.2) is 9.80 Å². The summed E-state index contributed by atoms with van der Waals surface area (Å²) < 4.78 is 10.1. The molecular weight excluding hydrogens is 419 g/mol. The molecule has 2 aromatic carbocycles. The van der Waals surface area contributed by atoms with E-state index in [0.717, 1.165) is 5.01 Å². The number of benzene rings is 2. The number of hydrazine groups is 1. The molecule has 7 nitrogen and oxygen atoms in total. The molecule has 0 radical (unpaired) electrons. The summed E-state index contributed by atoms with van der Waals surface area (Å²) in [5.74, 6) is -1.54. The molecule has 2 aromatic rings. The molecule has 3 rings (SSSR count). The molecule has 1 atom stereocenters. The maximum Gasteiger partial charge on any atom is 0.346 e. The molecule has 2 amide bonds. The van der Waals surface area contributed by atoms with E-state index in [1.807, 2.05) is 0 Å². The number of nitrogens with one attached hydrogen (secondary N) is 1. The molecular formula is C20H16Cl2N2O5. The van der Waals surface area contributed by atoms with Crippen LogP contribution in [0, 0.1) is 0 Å². The SMILES string of the molecule is COC(=O)[C@H](C)Oc1c(Cl)cc(/C=C2/C(=O)NN(c3ccccc3)C2=O)cc1Cl. The highest BCUT2D eigenvalue weighted by Gasteiger charge is 2.34. The van der Waals surface area contributed by atoms with Crippen molar-refractivity contribution in [3.05, 3.63) is 63.6 Å². The number of methoxy groups -OCH3 is 1. The molecule has 9 heteroatoms. The van der Waals surface area contributed by atoms with Gasteiger partial charge in [-0.3, -0.25) is 15.0 Å². The number of hydrogen-bond donors (Lipinski definition) is 1. The van der Waals surface area contributed by atoms with E-state index in [1.165, 1.54) is 32.2 Å². The smallest absolute Gasteiger partial charge is 0.346 e. The van der Waals surface area contributed by atoms with E-state index in [2.05, 4.69) is 10.2 Å². The third-order valence-electron chi connectivity index (χ3n) is 4.07. The van der Waals surface area contributed by atoms with E-state index in [1.54, 1.807) is 30.3 Å². The van der Waals surface area contributed by atoms with Crippen molar-refractivity contribution in [1.82, 2.24) is 5.43 Å². The Morgan fingerprint density at radius 2 is 1.76 bits per heavy atom. The first-order valence-electron chi connectivity index (χ1n) is 8.47. The molecule has 1 N–H and O–H groups in total. The summed E-state index contributed by atoms with van der Waals surface area (Å²) in [6.07, 6.45) is 0.465. The van der Waals surface area contributed by atoms with E-state index in [9.17, 15) is 14.4 Å². The Morgan fingerprint density at radius 1 is 1.14 bits per heavy atom. The minimum atomic E-state index is -0.916. The molecule has 1 saturated heterocycles. The van der Waals surface area contributed by atoms with Gasteiger partial charge in [-0.1, -0.05) is 41.4 Å². The first-order valence-corrected chi connectivity index (χ1v) is 9.23. The topological polar surface area (TPSA) is 84.9 Å². The van der Waals surface area contributed by atoms with Crippen molar-refractivity contribution in [2.24, 2.45) is 0 Å². The zero-order valence-electron chi connectivity index (χ0n) is 15.4. The molecule has 1 heterocycles. The van der Waals surface area contributed by atoms with Crippen LogP contribution in [0.1, 0.15) is 12.5 Å². The molecule has 1 aliphatic rings. The fraction of sp³-hybridized carbons (Fsp3) is 0.150. The Labute approximate surface area is 176 Å². The summed E-state index contributed by atoms with van der Waals surface area (Å²) in [5, 5.41) is 1.39. The summed E-state index contributed by atoms with van der Waals surface area (Å²) in [7, 11) is 1.24. The Kier molecular flexibility index (Phi) is 6.10. The quantitative estimate of drug-likeness (QED) is 0.442. The molecule has 29 heavy (non-hydrogen) atoms. The molecule has 0 aromatic heterocycles. The van der Waals surface area contributed by atoms with E-state index in [4.69, 9.17) is 27.9 Å². The number of para-hydroxylation sites is 1. The van der Waals surface area contributed by atoms with Crippen molar-refractivity contribution < 1.29 is 23.9 Å². The second-order valence-corrected chi connectivity index (χ2v) is 6.89. The number of anilines is 1. The monoisotopic (exact) mass is 434 g/mol. The van der Waals surface area contributed by atoms with Crippen LogP contribution in [0.2, 0.25) is 10.0 Å². The van der Waals surface area contributed by atoms with Gasteiger partial charge in [0.2, 0.25) is 0 Å². The fourth-order valence-corrected chi connectivity index (χ4v) is 3.24. The number of rotatable bonds is 5. The predicted octanol–water partition coefficient (Wildman–Crippen LogP) is 3.40. The maximum atomic E-state index is 12.6. The van der Waals surface area contributed by atoms with Gasteiger partial charge in [0.1, 0.15) is 5.57 Å². The van der Waals surface area contributed by atoms with Crippen molar-refractivity contribution in [3.8, 4) is 5.75 Å². The molecule has 0 aliphatic carbocycles. The Bertz CT molecular complexity index is 984. The Balaban J connectivity index is 1.88. The average Bonchev–Trinajstić information content (AvgIpc) is 2.98. The second-order valence-electron chi connectivity index (χ2n) is 6.07. The predicted molar refractivity (Wildman–Crippen MR) is 109 cm³/mol. The van der Waals surface area contributed by atoms with Crippen LogP contribution in [-0.4, -0.2) is 31.0 Å². The highest BCUT2D eigenvalue weighted by atomic mass is 35.5. The Hall–Kier alpha value is -3.03. The van der Waals surface area contributed by atoms with E-state index >= 15 is 0 Å². The number of esters is 1. The lowest BCUT2D eigenvalue weighted by Crippen LogP contribution is -2.35. The van der Waals surface area contributed by atoms with Gasteiger partial charge in [0.05, 0.1) is 22.8 Å². The van der Waals surface area contributed by atoms with Crippen molar-refractivity contribution in [3.63, 3.8) is 0 Å². The average molecular weight is 435 g/mol. The van der Waals surface area contributed by atoms with Gasteiger partial charge < -0.3 is 9.47 Å². The van der Waals surface area contributed by atoms with Crippen molar-refractivity contribution >= 4 is 52.7 Å². The van der Waals surface area contributed by atoms with Gasteiger partial charge in [0, 0.05) is 0 Å². The lowest BCUT2D eigenvalue weighted by Gasteiger charge is -2.15. The number of amides is 2. The van der Waals surface area contributed by atoms with Gasteiger partial charge >= 0.3 is 5.97 Å². The molecule has 0 saturated carbocycles. The van der Waals surface area contributed by atoms with Crippen LogP contribution in [0.25, 0.3) is 6.08 Å². The lowest BCUT2D eigenvalue weighted by molar-refractivity contribution is -0.147. The van der Waals surface area contributed by atoms with Crippen LogP contribution in [0.5, 0.6) is 5.75 Å². The van der Waals surface area contributed by atoms with E-state index in [0.29, 0.717) is 11.3 Å². The molecule has 0 spiro atoms. The van der Waals surface area contributed by atoms with E-state index < -0.39 is 23.9 Å². The summed E-state index contributed by atoms with van der Waals surface area (Å²) in [5.41, 5.74) is 3.39. The van der Waals surface area contributed by atoms with Crippen molar-refractivity contribution in [1.29, 1.82) is 0 Å². The van der Waals surface area contributed by atoms with Gasteiger partial charge in [0.15, 0.2) is 11.9 Å². The zero-order valence-corrected chi connectivity index (χ0v) is 17.0. The molecule has 1 fully saturated rings. The van der Waals surface area contributed by atoms with Crippen LogP contribution in [0.3, 0.4) is 0 Å². The number of carbonyl (C=O) groups excluding carboxylic acids is 3. The third-order valence-corrected chi connectivity index (χ3v) is 4.63. The van der Waals surface area contributed by atoms with Crippen LogP contribution < -0.4 is 15.2 Å². The van der Waals surface area contributed by atoms with Gasteiger partial charge in [-0.2, -0.15) is 0 Å². The molecule has 0 bridgehead atoms. The summed E-state index contributed by atoms with van der Waals surface area (Å²) in [6, 6.07) is 11.7. The summed E-state index contributed by atoms with van der Waals surface area (Å²) in [4.78, 5) is 36.4. The molecule has 1 aliphatic heterocycles. The maximum absolute atomic E-state index is 12.6.